The van der Waals surface area contributed by atoms with Gasteiger partial charge < -0.3 is 4.90 Å². The van der Waals surface area contributed by atoms with Crippen molar-refractivity contribution in [2.75, 3.05) is 7.05 Å². The lowest BCUT2D eigenvalue weighted by atomic mass is 9.57. The van der Waals surface area contributed by atoms with Gasteiger partial charge in [0.25, 0.3) is 0 Å². The van der Waals surface area contributed by atoms with Crippen LogP contribution in [0, 0.1) is 23.2 Å². The molecule has 1 aromatic rings. The number of allylic oxidation sites excluding steroid dienone is 4. The number of Topliss-reactive ketones (excluding diaryl/α,β-unsaturated/α-hetero) is 1. The van der Waals surface area contributed by atoms with E-state index in [1.807, 2.05) is 13.1 Å². The summed E-state index contributed by atoms with van der Waals surface area (Å²) in [6.45, 7) is 15.3. The number of benzene rings is 1. The van der Waals surface area contributed by atoms with Crippen LogP contribution in [0.3, 0.4) is 0 Å². The normalized spacial score (nSPS) is 23.3. The summed E-state index contributed by atoms with van der Waals surface area (Å²) in [6, 6.07) is 8.62. The molecule has 1 N–H and O–H groups in total. The van der Waals surface area contributed by atoms with E-state index in [1.165, 1.54) is 30.3 Å². The van der Waals surface area contributed by atoms with E-state index in [2.05, 4.69) is 58.2 Å². The summed E-state index contributed by atoms with van der Waals surface area (Å²) in [5.74, 6) is 0.469. The van der Waals surface area contributed by atoms with Crippen LogP contribution in [-0.4, -0.2) is 36.0 Å². The molecule has 1 saturated carbocycles. The summed E-state index contributed by atoms with van der Waals surface area (Å²) in [7, 11) is 1.88. The van der Waals surface area contributed by atoms with E-state index < -0.39 is 18.5 Å². The Bertz CT molecular complexity index is 1270. The molecular weight excluding hydrogens is 583 g/mol. The van der Waals surface area contributed by atoms with Gasteiger partial charge in [-0.1, -0.05) is 90.0 Å². The SMILES string of the molecule is C=C(CCCc1cccc(C2(C(=C)N(C)C=N)CC(C)C2)c1)C1=N/C(CCCCCCC(C)C)=C\CC(CC(F)(F)F)CCC1=O. The average Bonchev–Trinajstić information content (AvgIpc) is 3.05. The first kappa shape index (κ1) is 37.5. The fourth-order valence-electron chi connectivity index (χ4n) is 7.12. The van der Waals surface area contributed by atoms with Crippen molar-refractivity contribution in [2.24, 2.45) is 22.7 Å². The highest BCUT2D eigenvalue weighted by Gasteiger charge is 2.46. The highest BCUT2D eigenvalue weighted by molar-refractivity contribution is 6.46. The first-order valence-corrected chi connectivity index (χ1v) is 17.3. The molecule has 254 valence electrons. The predicted octanol–water partition coefficient (Wildman–Crippen LogP) is 10.9. The number of hydrogen-bond acceptors (Lipinski definition) is 3. The molecule has 0 aromatic heterocycles. The number of aryl methyl sites for hydroxylation is 1. The number of nitrogens with one attached hydrogen (secondary N) is 1. The van der Waals surface area contributed by atoms with Crippen LogP contribution in [0.25, 0.3) is 0 Å². The van der Waals surface area contributed by atoms with Gasteiger partial charge in [-0.15, -0.1) is 0 Å². The van der Waals surface area contributed by atoms with E-state index in [9.17, 15) is 18.0 Å². The molecule has 1 fully saturated rings. The number of likely N-dealkylation sites (N-methyl/N-ethyl adjacent to an activating group) is 1. The number of unbranched alkanes of at least 4 members (excludes halogenated alkanes) is 3. The van der Waals surface area contributed by atoms with E-state index >= 15 is 0 Å². The minimum atomic E-state index is -4.25. The highest BCUT2D eigenvalue weighted by Crippen LogP contribution is 2.52. The zero-order valence-electron chi connectivity index (χ0n) is 28.7. The van der Waals surface area contributed by atoms with E-state index in [4.69, 9.17) is 10.4 Å². The number of rotatable bonds is 17. The zero-order chi connectivity index (χ0) is 33.9. The van der Waals surface area contributed by atoms with Gasteiger partial charge in [-0.05, 0) is 92.2 Å². The molecule has 1 heterocycles. The summed E-state index contributed by atoms with van der Waals surface area (Å²) in [5.41, 5.74) is 4.95. The number of carbonyl (C=O) groups excluding carboxylic acids is 1. The third kappa shape index (κ3) is 11.1. The number of ketones is 1. The first-order valence-electron chi connectivity index (χ1n) is 17.3. The summed E-state index contributed by atoms with van der Waals surface area (Å²) in [5, 5.41) is 7.72. The molecule has 1 aliphatic heterocycles. The third-order valence-electron chi connectivity index (χ3n) is 9.79. The third-order valence-corrected chi connectivity index (χ3v) is 9.79. The van der Waals surface area contributed by atoms with Gasteiger partial charge in [0.15, 0.2) is 5.78 Å². The van der Waals surface area contributed by atoms with Crippen LogP contribution in [-0.2, 0) is 16.6 Å². The topological polar surface area (TPSA) is 56.5 Å². The molecule has 2 aliphatic rings. The number of carbonyl (C=O) groups is 1. The molecule has 4 nitrogen and oxygen atoms in total. The standard InChI is InChI=1S/C39H56F3N3O/c1-28(2)13-9-7-8-10-18-35-21-19-33(26-39(40,41)42)20-22-36(46)37(44-35)30(4)14-11-15-32-16-12-17-34(23-32)38(24-29(3)25-38)31(5)45(6)27-43/h12,16-17,21,23,27-29,33,43H,4-5,7-11,13-15,18-20,22,24-26H2,1-3,6H3/b35-21-,43-27?,44-37?. The summed E-state index contributed by atoms with van der Waals surface area (Å²) in [4.78, 5) is 20.0. The second-order valence-electron chi connectivity index (χ2n) is 14.3. The summed E-state index contributed by atoms with van der Waals surface area (Å²) < 4.78 is 39.9. The number of aliphatic imine (C=N–C) groups is 1. The Labute approximate surface area is 275 Å². The molecule has 0 saturated heterocycles. The van der Waals surface area contributed by atoms with Gasteiger partial charge in [-0.2, -0.15) is 13.2 Å². The number of nitrogens with zero attached hydrogens (tertiary/aromatic N) is 2. The maximum atomic E-state index is 13.4. The molecule has 7 heteroatoms. The van der Waals surface area contributed by atoms with Crippen molar-refractivity contribution in [3.05, 3.63) is 71.6 Å². The van der Waals surface area contributed by atoms with Crippen molar-refractivity contribution in [3.8, 4) is 0 Å². The largest absolute Gasteiger partial charge is 0.389 e. The quantitative estimate of drug-likeness (QED) is 0.105. The maximum Gasteiger partial charge on any atom is 0.389 e. The zero-order valence-corrected chi connectivity index (χ0v) is 28.7. The van der Waals surface area contributed by atoms with Crippen LogP contribution in [0.5, 0.6) is 0 Å². The molecule has 3 rings (SSSR count). The summed E-state index contributed by atoms with van der Waals surface area (Å²) >= 11 is 0. The molecule has 0 amide bonds. The lowest BCUT2D eigenvalue weighted by Crippen LogP contribution is -2.45. The van der Waals surface area contributed by atoms with Crippen molar-refractivity contribution in [1.82, 2.24) is 4.90 Å². The van der Waals surface area contributed by atoms with E-state index in [0.717, 1.165) is 56.3 Å². The van der Waals surface area contributed by atoms with Crippen molar-refractivity contribution in [1.29, 1.82) is 5.41 Å². The molecule has 0 radical (unpaired) electrons. The Morgan fingerprint density at radius 1 is 1.13 bits per heavy atom. The Hall–Kier alpha value is -2.96. The van der Waals surface area contributed by atoms with E-state index in [1.54, 1.807) is 4.90 Å². The van der Waals surface area contributed by atoms with E-state index in [-0.39, 0.29) is 30.5 Å². The monoisotopic (exact) mass is 639 g/mol. The van der Waals surface area contributed by atoms with Crippen LogP contribution >= 0.6 is 0 Å². The van der Waals surface area contributed by atoms with Crippen LogP contribution in [0.1, 0.15) is 122 Å². The molecular formula is C39H56F3N3O. The second-order valence-corrected chi connectivity index (χ2v) is 14.3. The van der Waals surface area contributed by atoms with Crippen LogP contribution in [0.4, 0.5) is 13.2 Å². The van der Waals surface area contributed by atoms with Crippen LogP contribution in [0.2, 0.25) is 0 Å². The Kier molecular flexibility index (Phi) is 14.1. The molecule has 0 bridgehead atoms. The highest BCUT2D eigenvalue weighted by atomic mass is 19.4. The Morgan fingerprint density at radius 2 is 1.85 bits per heavy atom. The van der Waals surface area contributed by atoms with Gasteiger partial charge in [-0.3, -0.25) is 10.2 Å². The molecule has 1 aliphatic carbocycles. The Balaban J connectivity index is 1.69. The lowest BCUT2D eigenvalue weighted by molar-refractivity contribution is -0.145. The molecule has 1 unspecified atom stereocenters. The van der Waals surface area contributed by atoms with Crippen molar-refractivity contribution < 1.29 is 18.0 Å². The fourth-order valence-corrected chi connectivity index (χ4v) is 7.12. The predicted molar refractivity (Wildman–Crippen MR) is 185 cm³/mol. The average molecular weight is 640 g/mol. The van der Waals surface area contributed by atoms with Crippen molar-refractivity contribution in [2.45, 2.75) is 129 Å². The molecule has 46 heavy (non-hydrogen) atoms. The van der Waals surface area contributed by atoms with Gasteiger partial charge in [0.1, 0.15) is 5.71 Å². The molecule has 1 aromatic carbocycles. The number of halogens is 3. The van der Waals surface area contributed by atoms with Crippen molar-refractivity contribution in [3.63, 3.8) is 0 Å². The minimum Gasteiger partial charge on any atom is -0.339 e. The summed E-state index contributed by atoms with van der Waals surface area (Å²) in [6.07, 6.45) is 8.88. The van der Waals surface area contributed by atoms with Gasteiger partial charge in [0.05, 0.1) is 6.34 Å². The maximum absolute atomic E-state index is 13.4. The first-order chi connectivity index (χ1) is 21.7. The van der Waals surface area contributed by atoms with Crippen molar-refractivity contribution >= 4 is 17.8 Å². The second kappa shape index (κ2) is 17.3. The number of alkyl halides is 3. The fraction of sp³-hybridized carbons (Fsp3) is 0.615. The molecule has 0 spiro atoms. The number of hydrogen-bond donors (Lipinski definition) is 1. The smallest absolute Gasteiger partial charge is 0.339 e. The Morgan fingerprint density at radius 3 is 2.50 bits per heavy atom. The van der Waals surface area contributed by atoms with Gasteiger partial charge >= 0.3 is 6.18 Å². The minimum absolute atomic E-state index is 0.0611. The van der Waals surface area contributed by atoms with Gasteiger partial charge in [-0.25, -0.2) is 4.99 Å². The lowest BCUT2D eigenvalue weighted by Gasteiger charge is -2.50. The van der Waals surface area contributed by atoms with E-state index in [0.29, 0.717) is 36.0 Å². The molecule has 1 atom stereocenters. The van der Waals surface area contributed by atoms with Crippen LogP contribution in [0.15, 0.2) is 65.5 Å². The van der Waals surface area contributed by atoms with Gasteiger partial charge in [0.2, 0.25) is 0 Å². The van der Waals surface area contributed by atoms with Crippen LogP contribution < -0.4 is 0 Å². The van der Waals surface area contributed by atoms with Gasteiger partial charge in [0, 0.05) is 36.7 Å².